The van der Waals surface area contributed by atoms with Crippen LogP contribution in [0.4, 0.5) is 5.13 Å². The Labute approximate surface area is 141 Å². The first-order valence-electron chi connectivity index (χ1n) is 6.95. The number of nitrogens with one attached hydrogen (secondary N) is 1. The first kappa shape index (κ1) is 16.9. The summed E-state index contributed by atoms with van der Waals surface area (Å²) in [7, 11) is 0. The molecule has 0 aliphatic carbocycles. The highest BCUT2D eigenvalue weighted by atomic mass is 79.9. The van der Waals surface area contributed by atoms with Gasteiger partial charge < -0.3 is 10.1 Å². The van der Waals surface area contributed by atoms with Gasteiger partial charge in [0.2, 0.25) is 5.91 Å². The summed E-state index contributed by atoms with van der Waals surface area (Å²) < 4.78 is 5.81. The van der Waals surface area contributed by atoms with E-state index in [4.69, 9.17) is 4.74 Å². The number of alkyl halides is 1. The number of hydrogen-bond acceptors (Lipinski definition) is 5. The Bertz CT molecular complexity index is 699. The number of nitrogens with zero attached hydrogens (tertiary/aromatic N) is 1. The number of ether oxygens (including phenoxy) is 1. The molecule has 1 N–H and O–H groups in total. The lowest BCUT2D eigenvalue weighted by molar-refractivity contribution is -0.116. The molecule has 0 radical (unpaired) electrons. The monoisotopic (exact) mass is 384 g/mol. The van der Waals surface area contributed by atoms with Crippen molar-refractivity contribution in [3.63, 3.8) is 0 Å². The topological polar surface area (TPSA) is 68.3 Å². The van der Waals surface area contributed by atoms with Crippen LogP contribution >= 0.6 is 27.3 Å². The molecule has 118 valence electrons. The van der Waals surface area contributed by atoms with E-state index in [9.17, 15) is 9.59 Å². The third-order valence-electron chi connectivity index (χ3n) is 2.97. The van der Waals surface area contributed by atoms with Crippen LogP contribution in [0.3, 0.4) is 0 Å². The van der Waals surface area contributed by atoms with Gasteiger partial charge in [0.25, 0.3) is 0 Å². The Kier molecular flexibility index (Phi) is 5.52. The normalized spacial score (nSPS) is 12.4. The average Bonchev–Trinajstić information content (AvgIpc) is 2.87. The van der Waals surface area contributed by atoms with Gasteiger partial charge in [0.05, 0.1) is 27.2 Å². The lowest BCUT2D eigenvalue weighted by Gasteiger charge is -2.11. The van der Waals surface area contributed by atoms with E-state index < -0.39 is 0 Å². The van der Waals surface area contributed by atoms with Crippen LogP contribution in [-0.4, -0.2) is 28.3 Å². The number of amides is 1. The minimum Gasteiger partial charge on any atom is -0.462 e. The van der Waals surface area contributed by atoms with Gasteiger partial charge in [-0.15, -0.1) is 0 Å². The van der Waals surface area contributed by atoms with E-state index in [1.807, 2.05) is 13.8 Å². The SMILES string of the molecule is CCOC(=O)c1ccc2nc(NC(=O)[C@@H](Br)C(C)C)sc2c1. The third-order valence-corrected chi connectivity index (χ3v) is 5.37. The molecule has 1 atom stereocenters. The third kappa shape index (κ3) is 3.84. The molecule has 5 nitrogen and oxygen atoms in total. The van der Waals surface area contributed by atoms with Crippen molar-refractivity contribution in [1.29, 1.82) is 0 Å². The molecule has 0 spiro atoms. The fourth-order valence-corrected chi connectivity index (χ4v) is 2.82. The van der Waals surface area contributed by atoms with E-state index in [-0.39, 0.29) is 22.6 Å². The highest BCUT2D eigenvalue weighted by Crippen LogP contribution is 2.28. The van der Waals surface area contributed by atoms with Gasteiger partial charge in [-0.1, -0.05) is 41.1 Å². The van der Waals surface area contributed by atoms with E-state index in [1.54, 1.807) is 25.1 Å². The van der Waals surface area contributed by atoms with Gasteiger partial charge in [-0.25, -0.2) is 9.78 Å². The zero-order valence-electron chi connectivity index (χ0n) is 12.6. The summed E-state index contributed by atoms with van der Waals surface area (Å²) in [5.74, 6) is -0.298. The number of thiazole rings is 1. The molecule has 2 rings (SSSR count). The molecular formula is C15H17BrN2O3S. The highest BCUT2D eigenvalue weighted by molar-refractivity contribution is 9.10. The van der Waals surface area contributed by atoms with Crippen molar-refractivity contribution in [2.45, 2.75) is 25.6 Å². The van der Waals surface area contributed by atoms with Crippen LogP contribution in [0.5, 0.6) is 0 Å². The van der Waals surface area contributed by atoms with Gasteiger partial charge in [0.15, 0.2) is 5.13 Å². The van der Waals surface area contributed by atoms with Crippen LogP contribution < -0.4 is 5.32 Å². The zero-order chi connectivity index (χ0) is 16.3. The maximum atomic E-state index is 12.0. The standard InChI is InChI=1S/C15H17BrN2O3S/c1-4-21-14(20)9-5-6-10-11(7-9)22-15(17-10)18-13(19)12(16)8(2)3/h5-8,12H,4H2,1-3H3,(H,17,18,19)/t12-/m0/s1. The average molecular weight is 385 g/mol. The molecule has 7 heteroatoms. The molecule has 1 aromatic heterocycles. The number of anilines is 1. The van der Waals surface area contributed by atoms with Crippen molar-refractivity contribution in [3.8, 4) is 0 Å². The molecule has 0 saturated carbocycles. The van der Waals surface area contributed by atoms with E-state index in [1.165, 1.54) is 11.3 Å². The summed E-state index contributed by atoms with van der Waals surface area (Å²) >= 11 is 4.69. The lowest BCUT2D eigenvalue weighted by Crippen LogP contribution is -2.26. The Morgan fingerprint density at radius 1 is 1.41 bits per heavy atom. The summed E-state index contributed by atoms with van der Waals surface area (Å²) in [4.78, 5) is 27.8. The molecule has 0 bridgehead atoms. The highest BCUT2D eigenvalue weighted by Gasteiger charge is 2.20. The molecule has 2 aromatic rings. The van der Waals surface area contributed by atoms with Gasteiger partial charge in [-0.3, -0.25) is 4.79 Å². The fraction of sp³-hybridized carbons (Fsp3) is 0.400. The maximum Gasteiger partial charge on any atom is 0.338 e. The number of fused-ring (bicyclic) bond motifs is 1. The van der Waals surface area contributed by atoms with Gasteiger partial charge in [0, 0.05) is 0 Å². The minimum atomic E-state index is -0.358. The van der Waals surface area contributed by atoms with E-state index >= 15 is 0 Å². The second-order valence-electron chi connectivity index (χ2n) is 5.06. The number of benzene rings is 1. The number of hydrogen-bond donors (Lipinski definition) is 1. The summed E-state index contributed by atoms with van der Waals surface area (Å²) in [6, 6.07) is 5.16. The summed E-state index contributed by atoms with van der Waals surface area (Å²) in [5, 5.41) is 3.31. The first-order chi connectivity index (χ1) is 10.4. The molecule has 22 heavy (non-hydrogen) atoms. The lowest BCUT2D eigenvalue weighted by atomic mass is 10.1. The zero-order valence-corrected chi connectivity index (χ0v) is 15.0. The second-order valence-corrected chi connectivity index (χ2v) is 7.07. The number of rotatable bonds is 5. The maximum absolute atomic E-state index is 12.0. The van der Waals surface area contributed by atoms with E-state index in [2.05, 4.69) is 26.2 Å². The number of carbonyl (C=O) groups is 2. The van der Waals surface area contributed by atoms with Gasteiger partial charge >= 0.3 is 5.97 Å². The van der Waals surface area contributed by atoms with Crippen molar-refractivity contribution in [3.05, 3.63) is 23.8 Å². The molecule has 1 aromatic carbocycles. The number of esters is 1. The van der Waals surface area contributed by atoms with Crippen molar-refractivity contribution in [2.24, 2.45) is 5.92 Å². The van der Waals surface area contributed by atoms with Gasteiger partial charge in [0.1, 0.15) is 0 Å². The van der Waals surface area contributed by atoms with Crippen molar-refractivity contribution < 1.29 is 14.3 Å². The predicted molar refractivity (Wildman–Crippen MR) is 91.8 cm³/mol. The molecule has 1 heterocycles. The van der Waals surface area contributed by atoms with Crippen LogP contribution in [0.2, 0.25) is 0 Å². The summed E-state index contributed by atoms with van der Waals surface area (Å²) in [6.07, 6.45) is 0. The number of aromatic nitrogens is 1. The van der Waals surface area contributed by atoms with Crippen molar-refractivity contribution >= 4 is 54.5 Å². The van der Waals surface area contributed by atoms with Gasteiger partial charge in [-0.05, 0) is 31.0 Å². The van der Waals surface area contributed by atoms with Crippen LogP contribution in [0.15, 0.2) is 18.2 Å². The van der Waals surface area contributed by atoms with Crippen LogP contribution in [0, 0.1) is 5.92 Å². The minimum absolute atomic E-state index is 0.125. The molecule has 1 amide bonds. The molecule has 0 fully saturated rings. The summed E-state index contributed by atoms with van der Waals surface area (Å²) in [6.45, 7) is 6.02. The first-order valence-corrected chi connectivity index (χ1v) is 8.68. The molecule has 0 aliphatic heterocycles. The Balaban J connectivity index is 2.20. The van der Waals surface area contributed by atoms with Gasteiger partial charge in [-0.2, -0.15) is 0 Å². The fourth-order valence-electron chi connectivity index (χ4n) is 1.80. The smallest absolute Gasteiger partial charge is 0.338 e. The van der Waals surface area contributed by atoms with Crippen LogP contribution in [-0.2, 0) is 9.53 Å². The molecular weight excluding hydrogens is 368 g/mol. The predicted octanol–water partition coefficient (Wildman–Crippen LogP) is 3.83. The van der Waals surface area contributed by atoms with E-state index in [0.29, 0.717) is 17.3 Å². The molecule has 0 saturated heterocycles. The quantitative estimate of drug-likeness (QED) is 0.628. The van der Waals surface area contributed by atoms with Crippen LogP contribution in [0.25, 0.3) is 10.2 Å². The second kappa shape index (κ2) is 7.19. The Morgan fingerprint density at radius 3 is 2.77 bits per heavy atom. The Hall–Kier alpha value is -1.47. The molecule has 0 unspecified atom stereocenters. The van der Waals surface area contributed by atoms with Crippen LogP contribution in [0.1, 0.15) is 31.1 Å². The largest absolute Gasteiger partial charge is 0.462 e. The number of halogens is 1. The van der Waals surface area contributed by atoms with Crippen molar-refractivity contribution in [2.75, 3.05) is 11.9 Å². The number of carbonyl (C=O) groups excluding carboxylic acids is 2. The molecule has 0 aliphatic rings. The van der Waals surface area contributed by atoms with Crippen molar-refractivity contribution in [1.82, 2.24) is 4.98 Å². The Morgan fingerprint density at radius 2 is 2.14 bits per heavy atom. The summed E-state index contributed by atoms with van der Waals surface area (Å²) in [5.41, 5.74) is 1.22. The van der Waals surface area contributed by atoms with E-state index in [0.717, 1.165) is 10.2 Å².